The molecule has 0 fully saturated rings. The maximum atomic E-state index is 12.9. The molecule has 0 aliphatic carbocycles. The zero-order chi connectivity index (χ0) is 20.1. The molecule has 2 heterocycles. The van der Waals surface area contributed by atoms with Crippen LogP contribution in [0.25, 0.3) is 0 Å². The highest BCUT2D eigenvalue weighted by molar-refractivity contribution is 7.89. The molecule has 9 heteroatoms. The van der Waals surface area contributed by atoms with Crippen molar-refractivity contribution in [2.75, 3.05) is 20.8 Å². The lowest BCUT2D eigenvalue weighted by atomic mass is 10.1. The first-order valence-electron chi connectivity index (χ1n) is 8.29. The Balaban J connectivity index is 1.90. The van der Waals surface area contributed by atoms with Crippen LogP contribution in [0.15, 0.2) is 63.4 Å². The van der Waals surface area contributed by atoms with Crippen LogP contribution in [0.2, 0.25) is 0 Å². The molecule has 1 aromatic carbocycles. The van der Waals surface area contributed by atoms with Gasteiger partial charge in [-0.2, -0.15) is 0 Å². The van der Waals surface area contributed by atoms with Gasteiger partial charge in [-0.25, -0.2) is 17.9 Å². The summed E-state index contributed by atoms with van der Waals surface area (Å²) in [6.45, 7) is 0.0853. The summed E-state index contributed by atoms with van der Waals surface area (Å²) in [6, 6.07) is 11.5. The van der Waals surface area contributed by atoms with Gasteiger partial charge in [-0.1, -0.05) is 6.07 Å². The first-order valence-corrected chi connectivity index (χ1v) is 10.7. The summed E-state index contributed by atoms with van der Waals surface area (Å²) in [5, 5.41) is 1.92. The van der Waals surface area contributed by atoms with E-state index in [9.17, 15) is 13.2 Å². The van der Waals surface area contributed by atoms with Gasteiger partial charge < -0.3 is 13.9 Å². The van der Waals surface area contributed by atoms with E-state index < -0.39 is 16.0 Å². The van der Waals surface area contributed by atoms with Crippen LogP contribution >= 0.6 is 11.3 Å². The number of ether oxygens (including phenoxy) is 2. The summed E-state index contributed by atoms with van der Waals surface area (Å²) in [7, 11) is -1.37. The second kappa shape index (κ2) is 8.59. The second-order valence-electron chi connectivity index (χ2n) is 5.79. The van der Waals surface area contributed by atoms with Crippen LogP contribution in [0, 0.1) is 0 Å². The quantitative estimate of drug-likeness (QED) is 0.561. The topological polar surface area (TPSA) is 94.8 Å². The van der Waals surface area contributed by atoms with E-state index in [-0.39, 0.29) is 28.7 Å². The zero-order valence-electron chi connectivity index (χ0n) is 15.2. The molecule has 0 saturated carbocycles. The van der Waals surface area contributed by atoms with E-state index in [0.717, 1.165) is 4.88 Å². The molecule has 1 N–H and O–H groups in total. The third-order valence-electron chi connectivity index (χ3n) is 4.12. The minimum Gasteiger partial charge on any atom is -0.495 e. The Morgan fingerprint density at radius 1 is 1.21 bits per heavy atom. The van der Waals surface area contributed by atoms with Crippen molar-refractivity contribution in [2.24, 2.45) is 0 Å². The Hall–Kier alpha value is -2.62. The molecule has 7 nitrogen and oxygen atoms in total. The molecular formula is C19H19NO6S2. The maximum absolute atomic E-state index is 12.9. The number of benzene rings is 1. The predicted molar refractivity (Wildman–Crippen MR) is 104 cm³/mol. The molecular weight excluding hydrogens is 402 g/mol. The Morgan fingerprint density at radius 2 is 2.04 bits per heavy atom. The maximum Gasteiger partial charge on any atom is 0.337 e. The second-order valence-corrected chi connectivity index (χ2v) is 8.51. The SMILES string of the molecule is COC(=O)c1ccc(OC)c(S(=O)(=O)NC[C@H](c2ccco2)c2cccs2)c1. The van der Waals surface area contributed by atoms with Crippen molar-refractivity contribution in [2.45, 2.75) is 10.8 Å². The Labute approximate surface area is 167 Å². The van der Waals surface area contributed by atoms with Crippen LogP contribution in [-0.4, -0.2) is 35.2 Å². The van der Waals surface area contributed by atoms with Gasteiger partial charge in [-0.15, -0.1) is 11.3 Å². The summed E-state index contributed by atoms with van der Waals surface area (Å²) < 4.78 is 43.8. The van der Waals surface area contributed by atoms with E-state index in [1.165, 1.54) is 43.8 Å². The monoisotopic (exact) mass is 421 g/mol. The van der Waals surface area contributed by atoms with E-state index in [1.807, 2.05) is 17.5 Å². The van der Waals surface area contributed by atoms with Gasteiger partial charge in [0.05, 0.1) is 32.0 Å². The molecule has 28 heavy (non-hydrogen) atoms. The first-order chi connectivity index (χ1) is 13.5. The molecule has 3 rings (SSSR count). The number of sulfonamides is 1. The predicted octanol–water partition coefficient (Wildman–Crippen LogP) is 3.25. The number of thiophene rings is 1. The van der Waals surface area contributed by atoms with E-state index in [0.29, 0.717) is 5.76 Å². The number of methoxy groups -OCH3 is 2. The third-order valence-corrected chi connectivity index (χ3v) is 6.56. The van der Waals surface area contributed by atoms with Gasteiger partial charge in [0.25, 0.3) is 0 Å². The standard InChI is InChI=1S/C19H19NO6S2/c1-24-16-8-7-13(19(21)25-2)11-18(16)28(22,23)20-12-14(15-5-3-9-26-15)17-6-4-10-27-17/h3-11,14,20H,12H2,1-2H3/t14-/m1/s1. The van der Waals surface area contributed by atoms with Crippen molar-refractivity contribution in [1.82, 2.24) is 4.72 Å². The van der Waals surface area contributed by atoms with Crippen LogP contribution in [0.1, 0.15) is 26.9 Å². The lowest BCUT2D eigenvalue weighted by Crippen LogP contribution is -2.29. The Morgan fingerprint density at radius 3 is 2.64 bits per heavy atom. The van der Waals surface area contributed by atoms with Gasteiger partial charge in [0, 0.05) is 11.4 Å². The summed E-state index contributed by atoms with van der Waals surface area (Å²) >= 11 is 1.51. The molecule has 1 atom stereocenters. The van der Waals surface area contributed by atoms with E-state index >= 15 is 0 Å². The molecule has 2 aromatic heterocycles. The highest BCUT2D eigenvalue weighted by Crippen LogP contribution is 2.30. The van der Waals surface area contributed by atoms with Gasteiger partial charge in [0.15, 0.2) is 0 Å². The van der Waals surface area contributed by atoms with Crippen LogP contribution < -0.4 is 9.46 Å². The Kier molecular flexibility index (Phi) is 6.18. The van der Waals surface area contributed by atoms with Crippen molar-refractivity contribution < 1.29 is 27.1 Å². The molecule has 0 aliphatic rings. The molecule has 0 bridgehead atoms. The number of hydrogen-bond acceptors (Lipinski definition) is 7. The van der Waals surface area contributed by atoms with Gasteiger partial charge in [0.1, 0.15) is 16.4 Å². The summed E-state index contributed by atoms with van der Waals surface area (Å²) in [4.78, 5) is 12.6. The largest absolute Gasteiger partial charge is 0.495 e. The van der Waals surface area contributed by atoms with Gasteiger partial charge in [-0.05, 0) is 41.8 Å². The fraction of sp³-hybridized carbons (Fsp3) is 0.211. The number of carbonyl (C=O) groups is 1. The Bertz CT molecular complexity index is 992. The molecule has 3 aromatic rings. The molecule has 0 saturated heterocycles. The van der Waals surface area contributed by atoms with Crippen molar-refractivity contribution >= 4 is 27.3 Å². The van der Waals surface area contributed by atoms with Gasteiger partial charge in [0.2, 0.25) is 10.0 Å². The minimum atomic E-state index is -3.96. The van der Waals surface area contributed by atoms with Crippen LogP contribution in [0.3, 0.4) is 0 Å². The molecule has 0 amide bonds. The summed E-state index contributed by atoms with van der Waals surface area (Å²) in [5.74, 6) is -0.128. The number of furan rings is 1. The van der Waals surface area contributed by atoms with Crippen molar-refractivity contribution in [3.63, 3.8) is 0 Å². The molecule has 0 aliphatic heterocycles. The van der Waals surface area contributed by atoms with Crippen molar-refractivity contribution in [3.8, 4) is 5.75 Å². The van der Waals surface area contributed by atoms with Crippen LogP contribution in [0.4, 0.5) is 0 Å². The molecule has 148 valence electrons. The van der Waals surface area contributed by atoms with E-state index in [1.54, 1.807) is 18.4 Å². The fourth-order valence-electron chi connectivity index (χ4n) is 2.72. The number of esters is 1. The van der Waals surface area contributed by atoms with Crippen LogP contribution in [-0.2, 0) is 14.8 Å². The first kappa shape index (κ1) is 20.1. The lowest BCUT2D eigenvalue weighted by Gasteiger charge is -2.16. The van der Waals surface area contributed by atoms with E-state index in [4.69, 9.17) is 9.15 Å². The lowest BCUT2D eigenvalue weighted by molar-refractivity contribution is 0.0600. The van der Waals surface area contributed by atoms with Gasteiger partial charge >= 0.3 is 5.97 Å². The minimum absolute atomic E-state index is 0.0853. The van der Waals surface area contributed by atoms with Crippen LogP contribution in [0.5, 0.6) is 5.75 Å². The molecule has 0 spiro atoms. The number of hydrogen-bond donors (Lipinski definition) is 1. The van der Waals surface area contributed by atoms with Crippen molar-refractivity contribution in [3.05, 3.63) is 70.3 Å². The van der Waals surface area contributed by atoms with Gasteiger partial charge in [-0.3, -0.25) is 0 Å². The zero-order valence-corrected chi connectivity index (χ0v) is 16.9. The summed E-state index contributed by atoms with van der Waals surface area (Å²) in [6.07, 6.45) is 1.55. The summed E-state index contributed by atoms with van der Waals surface area (Å²) in [5.41, 5.74) is 0.115. The van der Waals surface area contributed by atoms with Crippen molar-refractivity contribution in [1.29, 1.82) is 0 Å². The average molecular weight is 421 g/mol. The number of carbonyl (C=O) groups excluding carboxylic acids is 1. The third kappa shape index (κ3) is 4.27. The smallest absolute Gasteiger partial charge is 0.337 e. The number of nitrogens with one attached hydrogen (secondary N) is 1. The normalized spacial score (nSPS) is 12.5. The number of rotatable bonds is 8. The fourth-order valence-corrected chi connectivity index (χ4v) is 4.80. The highest BCUT2D eigenvalue weighted by atomic mass is 32.2. The molecule has 0 radical (unpaired) electrons. The average Bonchev–Trinajstić information content (AvgIpc) is 3.41. The molecule has 0 unspecified atom stereocenters. The highest BCUT2D eigenvalue weighted by Gasteiger charge is 2.25. The van der Waals surface area contributed by atoms with E-state index in [2.05, 4.69) is 9.46 Å².